The van der Waals surface area contributed by atoms with Gasteiger partial charge in [0, 0.05) is 31.1 Å². The molecule has 1 N–H and O–H groups in total. The smallest absolute Gasteiger partial charge is 0.240 e. The average Bonchev–Trinajstić information content (AvgIpc) is 2.96. The van der Waals surface area contributed by atoms with Gasteiger partial charge in [-0.3, -0.25) is 19.3 Å². The van der Waals surface area contributed by atoms with E-state index in [0.29, 0.717) is 11.4 Å². The summed E-state index contributed by atoms with van der Waals surface area (Å²) < 4.78 is 5.81. The van der Waals surface area contributed by atoms with E-state index in [-0.39, 0.29) is 49.3 Å². The number of nitrogens with zero attached hydrogens (tertiary/aromatic N) is 3. The van der Waals surface area contributed by atoms with Crippen LogP contribution in [0, 0.1) is 11.3 Å². The van der Waals surface area contributed by atoms with Crippen LogP contribution in [-0.4, -0.2) is 46.3 Å². The highest BCUT2D eigenvalue weighted by atomic mass is 16.5. The predicted octanol–water partition coefficient (Wildman–Crippen LogP) is 0.908. The van der Waals surface area contributed by atoms with Crippen molar-refractivity contribution >= 4 is 17.7 Å². The van der Waals surface area contributed by atoms with Gasteiger partial charge in [-0.15, -0.1) is 0 Å². The highest BCUT2D eigenvalue weighted by Gasteiger charge is 2.31. The number of hydrogen-bond donors (Lipinski definition) is 1. The van der Waals surface area contributed by atoms with Gasteiger partial charge in [0.15, 0.2) is 0 Å². The van der Waals surface area contributed by atoms with Gasteiger partial charge in [0.05, 0.1) is 5.56 Å². The summed E-state index contributed by atoms with van der Waals surface area (Å²) >= 11 is 0. The van der Waals surface area contributed by atoms with Gasteiger partial charge >= 0.3 is 0 Å². The summed E-state index contributed by atoms with van der Waals surface area (Å²) in [5, 5.41) is 11.7. The molecule has 8 nitrogen and oxygen atoms in total. The molecule has 1 saturated heterocycles. The Morgan fingerprint density at radius 3 is 2.50 bits per heavy atom. The number of aromatic nitrogens is 1. The van der Waals surface area contributed by atoms with E-state index in [9.17, 15) is 14.4 Å². The second-order valence-electron chi connectivity index (χ2n) is 6.53. The molecule has 3 amide bonds. The maximum atomic E-state index is 12.1. The number of nitriles is 1. The van der Waals surface area contributed by atoms with E-state index >= 15 is 0 Å². The number of nitrogens with one attached hydrogen (secondary N) is 1. The van der Waals surface area contributed by atoms with E-state index in [0.717, 1.165) is 30.6 Å². The number of likely N-dealkylation sites (tertiary alicyclic amines) is 1. The van der Waals surface area contributed by atoms with Gasteiger partial charge in [-0.05, 0) is 31.7 Å². The Kier molecular flexibility index (Phi) is 5.46. The highest BCUT2D eigenvalue weighted by Crippen LogP contribution is 2.23. The van der Waals surface area contributed by atoms with Crippen molar-refractivity contribution in [2.45, 2.75) is 50.7 Å². The predicted molar refractivity (Wildman–Crippen MR) is 89.7 cm³/mol. The van der Waals surface area contributed by atoms with Crippen LogP contribution in [0.15, 0.2) is 18.3 Å². The van der Waals surface area contributed by atoms with Crippen LogP contribution in [0.5, 0.6) is 5.88 Å². The molecule has 2 fully saturated rings. The molecule has 1 aliphatic carbocycles. The summed E-state index contributed by atoms with van der Waals surface area (Å²) in [4.78, 5) is 40.3. The molecule has 0 radical (unpaired) electrons. The number of pyridine rings is 1. The minimum Gasteiger partial charge on any atom is -0.474 e. The lowest BCUT2D eigenvalue weighted by atomic mass is 9.93. The second kappa shape index (κ2) is 7.95. The van der Waals surface area contributed by atoms with Gasteiger partial charge < -0.3 is 10.1 Å². The molecule has 1 aliphatic heterocycles. The maximum absolute atomic E-state index is 12.1. The first-order chi connectivity index (χ1) is 12.5. The number of imide groups is 1. The number of rotatable bonds is 5. The number of ether oxygens (including phenoxy) is 1. The third-order valence-corrected chi connectivity index (χ3v) is 4.65. The standard InChI is InChI=1S/C18H20N4O4/c19-9-12-1-6-16(20-10-12)26-14-4-2-13(3-5-14)21-15(23)11-22-17(24)7-8-18(22)25/h1,6,10,13-14H,2-5,7-8,11H2,(H,21,23). The van der Waals surface area contributed by atoms with E-state index in [2.05, 4.69) is 10.3 Å². The summed E-state index contributed by atoms with van der Waals surface area (Å²) in [7, 11) is 0. The van der Waals surface area contributed by atoms with E-state index in [1.165, 1.54) is 6.20 Å². The van der Waals surface area contributed by atoms with Crippen molar-refractivity contribution in [2.24, 2.45) is 0 Å². The fraction of sp³-hybridized carbons (Fsp3) is 0.500. The molecule has 1 aromatic rings. The normalized spacial score (nSPS) is 22.8. The fourth-order valence-electron chi connectivity index (χ4n) is 3.23. The monoisotopic (exact) mass is 356 g/mol. The highest BCUT2D eigenvalue weighted by molar-refractivity contribution is 6.04. The van der Waals surface area contributed by atoms with E-state index in [4.69, 9.17) is 10.00 Å². The Morgan fingerprint density at radius 2 is 1.92 bits per heavy atom. The molecule has 0 spiro atoms. The van der Waals surface area contributed by atoms with E-state index < -0.39 is 0 Å². The Bertz CT molecular complexity index is 717. The molecule has 26 heavy (non-hydrogen) atoms. The first kappa shape index (κ1) is 17.9. The molecule has 0 bridgehead atoms. The third-order valence-electron chi connectivity index (χ3n) is 4.65. The number of amides is 3. The molecule has 3 rings (SSSR count). The first-order valence-corrected chi connectivity index (χ1v) is 8.70. The molecule has 136 valence electrons. The molecule has 1 aromatic heterocycles. The van der Waals surface area contributed by atoms with Gasteiger partial charge in [0.2, 0.25) is 23.6 Å². The minimum absolute atomic E-state index is 0.0177. The Labute approximate surface area is 151 Å². The third kappa shape index (κ3) is 4.36. The van der Waals surface area contributed by atoms with Gasteiger partial charge in [0.1, 0.15) is 18.7 Å². The molecule has 0 aromatic carbocycles. The Morgan fingerprint density at radius 1 is 1.23 bits per heavy atom. The van der Waals surface area contributed by atoms with Crippen LogP contribution in [0.25, 0.3) is 0 Å². The quantitative estimate of drug-likeness (QED) is 0.785. The van der Waals surface area contributed by atoms with Crippen molar-refractivity contribution in [2.75, 3.05) is 6.54 Å². The number of hydrogen-bond acceptors (Lipinski definition) is 6. The van der Waals surface area contributed by atoms with Crippen LogP contribution in [0.4, 0.5) is 0 Å². The van der Waals surface area contributed by atoms with Crippen molar-refractivity contribution < 1.29 is 19.1 Å². The largest absolute Gasteiger partial charge is 0.474 e. The van der Waals surface area contributed by atoms with Gasteiger partial charge in [-0.25, -0.2) is 4.98 Å². The zero-order valence-corrected chi connectivity index (χ0v) is 14.3. The van der Waals surface area contributed by atoms with Gasteiger partial charge in [-0.1, -0.05) is 0 Å². The summed E-state index contributed by atoms with van der Waals surface area (Å²) in [6, 6.07) is 5.37. The zero-order chi connectivity index (χ0) is 18.5. The molecule has 2 heterocycles. The summed E-state index contributed by atoms with van der Waals surface area (Å²) in [5.41, 5.74) is 0.485. The van der Waals surface area contributed by atoms with Crippen LogP contribution < -0.4 is 10.1 Å². The number of carbonyl (C=O) groups excluding carboxylic acids is 3. The van der Waals surface area contributed by atoms with Crippen LogP contribution in [-0.2, 0) is 14.4 Å². The lowest BCUT2D eigenvalue weighted by Gasteiger charge is -2.29. The maximum Gasteiger partial charge on any atom is 0.240 e. The van der Waals surface area contributed by atoms with Crippen molar-refractivity contribution in [3.05, 3.63) is 23.9 Å². The SMILES string of the molecule is N#Cc1ccc(OC2CCC(NC(=O)CN3C(=O)CCC3=O)CC2)nc1. The van der Waals surface area contributed by atoms with Crippen LogP contribution in [0.2, 0.25) is 0 Å². The summed E-state index contributed by atoms with van der Waals surface area (Å²) in [6.07, 6.45) is 4.94. The summed E-state index contributed by atoms with van der Waals surface area (Å²) in [5.74, 6) is -0.372. The zero-order valence-electron chi connectivity index (χ0n) is 14.3. The van der Waals surface area contributed by atoms with Crippen LogP contribution in [0.3, 0.4) is 0 Å². The lowest BCUT2D eigenvalue weighted by Crippen LogP contribution is -2.45. The minimum atomic E-state index is -0.299. The topological polar surface area (TPSA) is 112 Å². The van der Waals surface area contributed by atoms with Gasteiger partial charge in [-0.2, -0.15) is 5.26 Å². The molecule has 2 aliphatic rings. The Balaban J connectivity index is 1.42. The van der Waals surface area contributed by atoms with Crippen LogP contribution >= 0.6 is 0 Å². The van der Waals surface area contributed by atoms with E-state index in [1.54, 1.807) is 12.1 Å². The second-order valence-corrected chi connectivity index (χ2v) is 6.53. The molecule has 0 unspecified atom stereocenters. The van der Waals surface area contributed by atoms with Crippen molar-refractivity contribution in [1.29, 1.82) is 5.26 Å². The van der Waals surface area contributed by atoms with Crippen molar-refractivity contribution in [1.82, 2.24) is 15.2 Å². The molecule has 1 saturated carbocycles. The number of carbonyl (C=O) groups is 3. The molecule has 0 atom stereocenters. The summed E-state index contributed by atoms with van der Waals surface area (Å²) in [6.45, 7) is -0.191. The molecular weight excluding hydrogens is 336 g/mol. The van der Waals surface area contributed by atoms with Crippen molar-refractivity contribution in [3.63, 3.8) is 0 Å². The van der Waals surface area contributed by atoms with Crippen LogP contribution in [0.1, 0.15) is 44.1 Å². The average molecular weight is 356 g/mol. The fourth-order valence-corrected chi connectivity index (χ4v) is 3.23. The molecular formula is C18H20N4O4. The molecule has 8 heteroatoms. The first-order valence-electron chi connectivity index (χ1n) is 8.70. The lowest BCUT2D eigenvalue weighted by molar-refractivity contribution is -0.142. The van der Waals surface area contributed by atoms with Crippen molar-refractivity contribution in [3.8, 4) is 11.9 Å². The Hall–Kier alpha value is -2.95. The van der Waals surface area contributed by atoms with Gasteiger partial charge in [0.25, 0.3) is 0 Å². The van der Waals surface area contributed by atoms with E-state index in [1.807, 2.05) is 6.07 Å².